The Bertz CT molecular complexity index is 6910. The number of hydrogen-bond acceptors (Lipinski definition) is 3. The number of hydrogen-bond donors (Lipinski definition) is 0. The first-order valence-electron chi connectivity index (χ1n) is 36.6. The van der Waals surface area contributed by atoms with Crippen LogP contribution in [0.2, 0.25) is 0 Å². The summed E-state index contributed by atoms with van der Waals surface area (Å²) in [5, 5.41) is 13.4. The molecule has 108 heavy (non-hydrogen) atoms. The number of benzene rings is 16. The molecule has 504 valence electrons. The Morgan fingerprint density at radius 1 is 0.176 bits per heavy atom. The van der Waals surface area contributed by atoms with Crippen LogP contribution in [0.5, 0.6) is 0 Å². The number of fused-ring (bicyclic) bond motifs is 18. The largest absolute Gasteiger partial charge is 0.456 e. The second-order valence-electron chi connectivity index (χ2n) is 28.5. The maximum atomic E-state index is 6.76. The summed E-state index contributed by atoms with van der Waals surface area (Å²) < 4.78 is 27.5. The molecule has 0 bridgehead atoms. The lowest BCUT2D eigenvalue weighted by Crippen LogP contribution is -1.93. The first-order valence-corrected chi connectivity index (χ1v) is 36.6. The van der Waals surface area contributed by atoms with Gasteiger partial charge in [-0.05, 0) is 265 Å². The molecule has 0 saturated heterocycles. The molecule has 22 rings (SSSR count). The van der Waals surface area contributed by atoms with E-state index in [0.29, 0.717) is 0 Å². The molecule has 6 nitrogen and oxygen atoms in total. The van der Waals surface area contributed by atoms with Crippen LogP contribution in [0.1, 0.15) is 16.7 Å². The highest BCUT2D eigenvalue weighted by Crippen LogP contribution is 2.45. The third-order valence-corrected chi connectivity index (χ3v) is 22.5. The summed E-state index contributed by atoms with van der Waals surface area (Å²) in [5.74, 6) is 0. The van der Waals surface area contributed by atoms with Crippen LogP contribution in [0, 0.1) is 0 Å². The molecule has 0 atom stereocenters. The van der Waals surface area contributed by atoms with E-state index in [1.807, 2.05) is 18.2 Å². The zero-order chi connectivity index (χ0) is 71.4. The minimum Gasteiger partial charge on any atom is -0.456 e. The lowest BCUT2D eigenvalue weighted by molar-refractivity contribution is 0.668. The van der Waals surface area contributed by atoms with Crippen molar-refractivity contribution in [3.05, 3.63) is 364 Å². The van der Waals surface area contributed by atoms with Gasteiger partial charge in [0.25, 0.3) is 0 Å². The summed E-state index contributed by atoms with van der Waals surface area (Å²) >= 11 is 0. The summed E-state index contributed by atoms with van der Waals surface area (Å²) in [5.41, 5.74) is 31.6. The minimum absolute atomic E-state index is 0.824. The van der Waals surface area contributed by atoms with Gasteiger partial charge in [-0.25, -0.2) is 0 Å². The van der Waals surface area contributed by atoms with Crippen LogP contribution in [0.3, 0.4) is 0 Å². The summed E-state index contributed by atoms with van der Waals surface area (Å²) in [7, 11) is 0. The molecule has 0 fully saturated rings. The van der Waals surface area contributed by atoms with Crippen LogP contribution >= 0.6 is 0 Å². The first-order chi connectivity index (χ1) is 53.3. The van der Waals surface area contributed by atoms with Gasteiger partial charge in [0, 0.05) is 81.7 Å². The highest BCUT2D eigenvalue weighted by molar-refractivity contribution is 6.16. The second-order valence-corrected chi connectivity index (χ2v) is 28.5. The molecular weight excluding hydrogens is 1320 g/mol. The lowest BCUT2D eigenvalue weighted by atomic mass is 9.92. The minimum atomic E-state index is 0.824. The molecular formula is C102H63N3O3. The van der Waals surface area contributed by atoms with Crippen molar-refractivity contribution < 1.29 is 13.3 Å². The van der Waals surface area contributed by atoms with E-state index in [1.54, 1.807) is 0 Å². The van der Waals surface area contributed by atoms with Gasteiger partial charge in [-0.2, -0.15) is 0 Å². The number of aromatic nitrogens is 3. The van der Waals surface area contributed by atoms with Crippen molar-refractivity contribution in [3.8, 4) is 83.8 Å². The number of para-hydroxylation sites is 3. The fraction of sp³-hybridized carbons (Fsp3) is 0. The summed E-state index contributed by atoms with van der Waals surface area (Å²) in [6.07, 6.45) is 5.71. The number of nitrogens with zero attached hydrogens (tertiary/aromatic N) is 3. The van der Waals surface area contributed by atoms with Gasteiger partial charge in [-0.3, -0.25) is 0 Å². The predicted molar refractivity (Wildman–Crippen MR) is 454 cm³/mol. The zero-order valence-corrected chi connectivity index (χ0v) is 58.6. The molecule has 6 heterocycles. The van der Waals surface area contributed by atoms with E-state index < -0.39 is 0 Å². The monoisotopic (exact) mass is 1380 g/mol. The lowest BCUT2D eigenvalue weighted by Gasteiger charge is -2.12. The molecule has 0 saturated carbocycles. The summed E-state index contributed by atoms with van der Waals surface area (Å²) in [6, 6.07) is 119. The fourth-order valence-electron chi connectivity index (χ4n) is 17.2. The Labute approximate surface area is 620 Å². The van der Waals surface area contributed by atoms with Gasteiger partial charge >= 0.3 is 0 Å². The van der Waals surface area contributed by atoms with Crippen molar-refractivity contribution in [1.82, 2.24) is 13.7 Å². The van der Waals surface area contributed by atoms with E-state index in [1.165, 1.54) is 32.3 Å². The molecule has 0 aliphatic heterocycles. The van der Waals surface area contributed by atoms with E-state index in [-0.39, 0.29) is 0 Å². The highest BCUT2D eigenvalue weighted by atomic mass is 16.3. The topological polar surface area (TPSA) is 54.2 Å². The fourth-order valence-corrected chi connectivity index (χ4v) is 17.2. The average molecular weight is 1380 g/mol. The molecule has 0 amide bonds. The van der Waals surface area contributed by atoms with E-state index in [4.69, 9.17) is 13.3 Å². The molecule has 0 aliphatic rings. The van der Waals surface area contributed by atoms with Gasteiger partial charge < -0.3 is 27.0 Å². The maximum absolute atomic E-state index is 6.76. The van der Waals surface area contributed by atoms with Gasteiger partial charge in [-0.1, -0.05) is 184 Å². The summed E-state index contributed by atoms with van der Waals surface area (Å²) in [6.45, 7) is 12.1. The Hall–Kier alpha value is -14.5. The van der Waals surface area contributed by atoms with Crippen molar-refractivity contribution in [2.45, 2.75) is 0 Å². The van der Waals surface area contributed by atoms with E-state index in [0.717, 1.165) is 199 Å². The van der Waals surface area contributed by atoms with Gasteiger partial charge in [0.05, 0.1) is 33.1 Å². The quantitative estimate of drug-likeness (QED) is 0.122. The standard InChI is InChI=1S/C102H63N3O3/c1-4-61-16-13-19-64(46-61)67-28-37-94-82(52-67)79-22-7-10-25-91(79)103(94)76-34-43-100-88(58-76)85-55-70(31-40-97(85)106-100)73-49-74(71-32-41-98-86(56-71)89-59-77(35-44-101(89)107-98)104-92-26-11-8-23-80(92)83-53-68(29-38-95(83)104)65-20-14-17-62(5-2)47-65)51-75(50-73)72-33-42-99-87(57-72)90-60-78(36-45-102(90)108-99)105-93-27-12-9-24-81(93)84-54-69(30-39-96(84)105)66-21-15-18-63(6-3)48-66/h4-60H,1-3H2. The van der Waals surface area contributed by atoms with Crippen molar-refractivity contribution in [3.63, 3.8) is 0 Å². The van der Waals surface area contributed by atoms with Crippen LogP contribution in [0.15, 0.2) is 361 Å². The zero-order valence-electron chi connectivity index (χ0n) is 58.6. The molecule has 16 aromatic carbocycles. The van der Waals surface area contributed by atoms with Crippen LogP contribution in [-0.2, 0) is 0 Å². The highest BCUT2D eigenvalue weighted by Gasteiger charge is 2.22. The Kier molecular flexibility index (Phi) is 13.5. The van der Waals surface area contributed by atoms with Crippen LogP contribution < -0.4 is 0 Å². The smallest absolute Gasteiger partial charge is 0.135 e. The molecule has 0 N–H and O–H groups in total. The van der Waals surface area contributed by atoms with Crippen molar-refractivity contribution in [2.75, 3.05) is 0 Å². The van der Waals surface area contributed by atoms with Crippen molar-refractivity contribution >= 4 is 149 Å². The number of furan rings is 3. The third kappa shape index (κ3) is 9.60. The van der Waals surface area contributed by atoms with Gasteiger partial charge in [0.15, 0.2) is 0 Å². The van der Waals surface area contributed by atoms with Gasteiger partial charge in [-0.15, -0.1) is 0 Å². The Morgan fingerprint density at radius 3 is 0.722 bits per heavy atom. The maximum Gasteiger partial charge on any atom is 0.135 e. The summed E-state index contributed by atoms with van der Waals surface area (Å²) in [4.78, 5) is 0. The van der Waals surface area contributed by atoms with Gasteiger partial charge in [0.1, 0.15) is 33.5 Å². The molecule has 0 aliphatic carbocycles. The van der Waals surface area contributed by atoms with E-state index in [2.05, 4.69) is 361 Å². The van der Waals surface area contributed by atoms with E-state index in [9.17, 15) is 0 Å². The predicted octanol–water partition coefficient (Wildman–Crippen LogP) is 28.6. The molecule has 6 heteroatoms. The molecule has 0 unspecified atom stereocenters. The SMILES string of the molecule is C=Cc1cccc(-c2ccc3c(c2)c2ccccc2n3-c2ccc3oc4ccc(-c5cc(-c6ccc7oc8ccc(-n9c%10ccccc%10c%10cc(-c%11cccc(C=C)c%11)ccc%109)cc8c7c6)cc(-c6ccc7oc8ccc(-n9c%10ccccc%10c%10cc(-c%11cccc(C=C)c%11)ccc%109)cc8c7c6)c5)cc4c3c2)c1. The molecule has 22 aromatic rings. The third-order valence-electron chi connectivity index (χ3n) is 22.5. The van der Waals surface area contributed by atoms with Crippen LogP contribution in [0.4, 0.5) is 0 Å². The molecule has 6 aromatic heterocycles. The normalized spacial score (nSPS) is 12.0. The number of rotatable bonds is 12. The first kappa shape index (κ1) is 61.1. The Balaban J connectivity index is 0.697. The second kappa shape index (κ2) is 23.8. The Morgan fingerprint density at radius 2 is 0.417 bits per heavy atom. The van der Waals surface area contributed by atoms with Crippen molar-refractivity contribution in [1.29, 1.82) is 0 Å². The molecule has 0 radical (unpaired) electrons. The average Bonchev–Trinajstić information content (AvgIpc) is 1.45. The van der Waals surface area contributed by atoms with Crippen LogP contribution in [0.25, 0.3) is 233 Å². The van der Waals surface area contributed by atoms with Gasteiger partial charge in [0.2, 0.25) is 0 Å². The van der Waals surface area contributed by atoms with E-state index >= 15 is 0 Å². The van der Waals surface area contributed by atoms with Crippen molar-refractivity contribution in [2.24, 2.45) is 0 Å². The molecule has 0 spiro atoms. The van der Waals surface area contributed by atoms with Crippen LogP contribution in [-0.4, -0.2) is 13.7 Å².